The van der Waals surface area contributed by atoms with Crippen LogP contribution in [0.15, 0.2) is 17.0 Å². The standard InChI is InChI=1S/C12H9I2NO3S/c1-15-11(16)9(19-12(15)17)5-6-3-7(13)10(18-2)8(14)4-6/h3-5H,1-2H3/b9-5-. The molecule has 1 aliphatic heterocycles. The summed E-state index contributed by atoms with van der Waals surface area (Å²) < 4.78 is 7.22. The van der Waals surface area contributed by atoms with Gasteiger partial charge in [-0.2, -0.15) is 0 Å². The summed E-state index contributed by atoms with van der Waals surface area (Å²) in [4.78, 5) is 24.8. The lowest BCUT2D eigenvalue weighted by molar-refractivity contribution is -0.121. The number of benzene rings is 1. The molecule has 19 heavy (non-hydrogen) atoms. The van der Waals surface area contributed by atoms with Crippen molar-refractivity contribution in [2.75, 3.05) is 14.2 Å². The Balaban J connectivity index is 2.40. The topological polar surface area (TPSA) is 46.6 Å². The Morgan fingerprint density at radius 3 is 2.26 bits per heavy atom. The zero-order chi connectivity index (χ0) is 14.2. The molecule has 1 aromatic rings. The number of hydrogen-bond donors (Lipinski definition) is 0. The van der Waals surface area contributed by atoms with Gasteiger partial charge in [-0.05, 0) is 80.7 Å². The van der Waals surface area contributed by atoms with Crippen LogP contribution in [0.1, 0.15) is 5.56 Å². The Labute approximate surface area is 142 Å². The molecule has 2 rings (SSSR count). The van der Waals surface area contributed by atoms with Gasteiger partial charge in [-0.3, -0.25) is 14.5 Å². The SMILES string of the molecule is COc1c(I)cc(/C=C2\SC(=O)N(C)C2=O)cc1I. The van der Waals surface area contributed by atoms with Crippen molar-refractivity contribution >= 4 is 74.2 Å². The first-order valence-electron chi connectivity index (χ1n) is 5.18. The van der Waals surface area contributed by atoms with Gasteiger partial charge in [0.05, 0.1) is 19.2 Å². The summed E-state index contributed by atoms with van der Waals surface area (Å²) >= 11 is 5.33. The number of rotatable bonds is 2. The third kappa shape index (κ3) is 3.07. The highest BCUT2D eigenvalue weighted by molar-refractivity contribution is 14.1. The van der Waals surface area contributed by atoms with Gasteiger partial charge in [-0.25, -0.2) is 0 Å². The van der Waals surface area contributed by atoms with E-state index in [1.165, 1.54) is 7.05 Å². The number of imide groups is 1. The molecule has 1 aromatic carbocycles. The van der Waals surface area contributed by atoms with Crippen LogP contribution in [-0.4, -0.2) is 30.2 Å². The van der Waals surface area contributed by atoms with E-state index in [0.29, 0.717) is 4.91 Å². The van der Waals surface area contributed by atoms with E-state index < -0.39 is 0 Å². The average molecular weight is 501 g/mol. The summed E-state index contributed by atoms with van der Waals surface area (Å²) in [6, 6.07) is 3.84. The predicted molar refractivity (Wildman–Crippen MR) is 92.2 cm³/mol. The second-order valence-corrected chi connectivity index (χ2v) is 7.08. The van der Waals surface area contributed by atoms with Crippen molar-refractivity contribution in [1.29, 1.82) is 0 Å². The minimum atomic E-state index is -0.254. The average Bonchev–Trinajstić information content (AvgIpc) is 2.57. The normalized spacial score (nSPS) is 17.5. The largest absolute Gasteiger partial charge is 0.495 e. The van der Waals surface area contributed by atoms with Crippen molar-refractivity contribution in [3.63, 3.8) is 0 Å². The van der Waals surface area contributed by atoms with Gasteiger partial charge < -0.3 is 4.74 Å². The molecule has 0 bridgehead atoms. The first-order chi connectivity index (χ1) is 8.93. The fourth-order valence-electron chi connectivity index (χ4n) is 1.55. The highest BCUT2D eigenvalue weighted by atomic mass is 127. The Bertz CT molecular complexity index is 578. The minimum Gasteiger partial charge on any atom is -0.495 e. The van der Waals surface area contributed by atoms with Crippen LogP contribution in [0.25, 0.3) is 6.08 Å². The fourth-order valence-corrected chi connectivity index (χ4v) is 4.64. The lowest BCUT2D eigenvalue weighted by Gasteiger charge is -2.07. The first kappa shape index (κ1) is 15.1. The van der Waals surface area contributed by atoms with Crippen LogP contribution in [0.5, 0.6) is 5.75 Å². The Morgan fingerprint density at radius 1 is 1.26 bits per heavy atom. The van der Waals surface area contributed by atoms with Crippen LogP contribution in [0.2, 0.25) is 0 Å². The minimum absolute atomic E-state index is 0.242. The molecular formula is C12H9I2NO3S. The summed E-state index contributed by atoms with van der Waals surface area (Å²) in [5.41, 5.74) is 0.883. The Hall–Kier alpha value is -0.290. The van der Waals surface area contributed by atoms with E-state index in [1.807, 2.05) is 12.1 Å². The maximum absolute atomic E-state index is 11.8. The summed E-state index contributed by atoms with van der Waals surface area (Å²) in [6.45, 7) is 0. The number of thioether (sulfide) groups is 1. The highest BCUT2D eigenvalue weighted by Crippen LogP contribution is 2.33. The number of likely N-dealkylation sites (N-methyl/N-ethyl adjacent to an activating group) is 1. The molecule has 1 aliphatic rings. The molecule has 0 spiro atoms. The van der Waals surface area contributed by atoms with Gasteiger partial charge in [0.2, 0.25) is 0 Å². The van der Waals surface area contributed by atoms with Gasteiger partial charge in [-0.15, -0.1) is 0 Å². The van der Waals surface area contributed by atoms with E-state index in [0.717, 1.165) is 35.1 Å². The maximum atomic E-state index is 11.8. The lowest BCUT2D eigenvalue weighted by Crippen LogP contribution is -2.22. The molecule has 1 heterocycles. The van der Waals surface area contributed by atoms with E-state index in [2.05, 4.69) is 45.2 Å². The quantitative estimate of drug-likeness (QED) is 0.460. The van der Waals surface area contributed by atoms with Crippen LogP contribution >= 0.6 is 56.9 Å². The molecule has 0 atom stereocenters. The van der Waals surface area contributed by atoms with Crippen LogP contribution in [0.4, 0.5) is 4.79 Å². The molecule has 2 amide bonds. The molecule has 0 unspecified atom stereocenters. The van der Waals surface area contributed by atoms with Gasteiger partial charge in [0, 0.05) is 7.05 Å². The zero-order valence-electron chi connectivity index (χ0n) is 10.1. The van der Waals surface area contributed by atoms with Gasteiger partial charge in [-0.1, -0.05) is 0 Å². The molecule has 0 saturated carbocycles. The van der Waals surface area contributed by atoms with Gasteiger partial charge in [0.25, 0.3) is 11.1 Å². The lowest BCUT2D eigenvalue weighted by atomic mass is 10.2. The number of methoxy groups -OCH3 is 1. The molecule has 0 N–H and O–H groups in total. The molecule has 0 radical (unpaired) electrons. The van der Waals surface area contributed by atoms with E-state index >= 15 is 0 Å². The number of ether oxygens (including phenoxy) is 1. The molecule has 7 heteroatoms. The molecule has 1 saturated heterocycles. The zero-order valence-corrected chi connectivity index (χ0v) is 15.2. The van der Waals surface area contributed by atoms with E-state index in [1.54, 1.807) is 13.2 Å². The third-order valence-corrected chi connectivity index (χ3v) is 5.07. The van der Waals surface area contributed by atoms with Crippen LogP contribution in [0, 0.1) is 7.14 Å². The summed E-state index contributed by atoms with van der Waals surface area (Å²) in [5, 5.41) is -0.242. The van der Waals surface area contributed by atoms with Gasteiger partial charge in [0.1, 0.15) is 5.75 Å². The summed E-state index contributed by atoms with van der Waals surface area (Å²) in [6.07, 6.45) is 1.73. The number of amides is 2. The second-order valence-electron chi connectivity index (χ2n) is 3.76. The van der Waals surface area contributed by atoms with E-state index in [-0.39, 0.29) is 11.1 Å². The van der Waals surface area contributed by atoms with Crippen LogP contribution < -0.4 is 4.74 Å². The van der Waals surface area contributed by atoms with Gasteiger partial charge >= 0.3 is 0 Å². The maximum Gasteiger partial charge on any atom is 0.293 e. The van der Waals surface area contributed by atoms with Crippen molar-refractivity contribution in [3.8, 4) is 5.75 Å². The Morgan fingerprint density at radius 2 is 1.84 bits per heavy atom. The smallest absolute Gasteiger partial charge is 0.293 e. The monoisotopic (exact) mass is 501 g/mol. The molecule has 100 valence electrons. The molecule has 4 nitrogen and oxygen atoms in total. The summed E-state index contributed by atoms with van der Waals surface area (Å²) in [5.74, 6) is 0.567. The fraction of sp³-hybridized carbons (Fsp3) is 0.167. The van der Waals surface area contributed by atoms with Crippen molar-refractivity contribution in [2.24, 2.45) is 0 Å². The van der Waals surface area contributed by atoms with E-state index in [4.69, 9.17) is 4.74 Å². The summed E-state index contributed by atoms with van der Waals surface area (Å²) in [7, 11) is 3.11. The molecule has 1 fully saturated rings. The highest BCUT2D eigenvalue weighted by Gasteiger charge is 2.31. The Kier molecular flexibility index (Phi) is 4.77. The van der Waals surface area contributed by atoms with Crippen LogP contribution in [-0.2, 0) is 4.79 Å². The number of halogens is 2. The van der Waals surface area contributed by atoms with Gasteiger partial charge in [0.15, 0.2) is 0 Å². The van der Waals surface area contributed by atoms with Crippen LogP contribution in [0.3, 0.4) is 0 Å². The first-order valence-corrected chi connectivity index (χ1v) is 8.16. The van der Waals surface area contributed by atoms with E-state index in [9.17, 15) is 9.59 Å². The molecule has 0 aromatic heterocycles. The predicted octanol–water partition coefficient (Wildman–Crippen LogP) is 3.57. The number of nitrogens with zero attached hydrogens (tertiary/aromatic N) is 1. The molecular weight excluding hydrogens is 492 g/mol. The number of hydrogen-bond acceptors (Lipinski definition) is 4. The van der Waals surface area contributed by atoms with Crippen molar-refractivity contribution in [3.05, 3.63) is 29.7 Å². The number of carbonyl (C=O) groups is 2. The van der Waals surface area contributed by atoms with Crippen molar-refractivity contribution < 1.29 is 14.3 Å². The second kappa shape index (κ2) is 6.00. The van der Waals surface area contributed by atoms with Crippen molar-refractivity contribution in [2.45, 2.75) is 0 Å². The third-order valence-electron chi connectivity index (χ3n) is 2.51. The van der Waals surface area contributed by atoms with Crippen molar-refractivity contribution in [1.82, 2.24) is 4.90 Å². The number of carbonyl (C=O) groups excluding carboxylic acids is 2. The molecule has 0 aliphatic carbocycles.